The van der Waals surface area contributed by atoms with E-state index in [1.165, 1.54) is 31.4 Å². The number of hydrogen-bond donors (Lipinski definition) is 2. The molecule has 0 aliphatic carbocycles. The quantitative estimate of drug-likeness (QED) is 0.594. The van der Waals surface area contributed by atoms with Crippen molar-refractivity contribution in [2.75, 3.05) is 7.11 Å². The summed E-state index contributed by atoms with van der Waals surface area (Å²) in [5, 5.41) is 0. The van der Waals surface area contributed by atoms with Crippen molar-refractivity contribution in [1.29, 1.82) is 0 Å². The molecule has 1 unspecified atom stereocenters. The van der Waals surface area contributed by atoms with Crippen LogP contribution < -0.4 is 4.74 Å². The monoisotopic (exact) mass is 427 g/mol. The Kier molecular flexibility index (Phi) is 7.42. The third-order valence-corrected chi connectivity index (χ3v) is 7.54. The van der Waals surface area contributed by atoms with Gasteiger partial charge in [0.15, 0.2) is 0 Å². The van der Waals surface area contributed by atoms with Crippen molar-refractivity contribution in [3.8, 4) is 5.75 Å². The van der Waals surface area contributed by atoms with Crippen molar-refractivity contribution in [2.24, 2.45) is 5.92 Å². The van der Waals surface area contributed by atoms with Gasteiger partial charge in [-0.25, -0.2) is 8.42 Å². The fourth-order valence-corrected chi connectivity index (χ4v) is 6.17. The fraction of sp³-hybridized carbons (Fsp3) is 0.368. The molecule has 7 nitrogen and oxygen atoms in total. The molecule has 0 fully saturated rings. The third kappa shape index (κ3) is 5.65. The molecule has 28 heavy (non-hydrogen) atoms. The molecule has 0 saturated carbocycles. The van der Waals surface area contributed by atoms with E-state index in [4.69, 9.17) is 4.74 Å². The van der Waals surface area contributed by atoms with Crippen LogP contribution in [0.5, 0.6) is 5.75 Å². The lowest BCUT2D eigenvalue weighted by Gasteiger charge is -2.32. The van der Waals surface area contributed by atoms with Crippen LogP contribution in [0.2, 0.25) is 0 Å². The molecule has 2 N–H and O–H groups in total. The molecule has 0 heterocycles. The lowest BCUT2D eigenvalue weighted by atomic mass is 10.1. The van der Waals surface area contributed by atoms with Crippen molar-refractivity contribution in [3.05, 3.63) is 60.2 Å². The molecule has 154 valence electrons. The van der Waals surface area contributed by atoms with Crippen molar-refractivity contribution >= 4 is 17.6 Å². The zero-order chi connectivity index (χ0) is 20.9. The predicted molar refractivity (Wildman–Crippen MR) is 107 cm³/mol. The van der Waals surface area contributed by atoms with E-state index in [9.17, 15) is 22.8 Å². The SMILES string of the molecule is COc1ccc(S(=O)(=O)N(Cc2ccccc2)C(CC(C)C)P(=O)(O)O)cc1. The van der Waals surface area contributed by atoms with E-state index < -0.39 is 23.4 Å². The van der Waals surface area contributed by atoms with Gasteiger partial charge in [-0.2, -0.15) is 4.31 Å². The van der Waals surface area contributed by atoms with Crippen LogP contribution in [0.25, 0.3) is 0 Å². The minimum atomic E-state index is -4.73. The average molecular weight is 427 g/mol. The molecular weight excluding hydrogens is 401 g/mol. The summed E-state index contributed by atoms with van der Waals surface area (Å²) in [4.78, 5) is 19.9. The van der Waals surface area contributed by atoms with Crippen LogP contribution in [-0.2, 0) is 21.1 Å². The van der Waals surface area contributed by atoms with Gasteiger partial charge in [0, 0.05) is 6.54 Å². The van der Waals surface area contributed by atoms with Gasteiger partial charge in [-0.3, -0.25) is 4.57 Å². The first-order valence-electron chi connectivity index (χ1n) is 8.80. The van der Waals surface area contributed by atoms with Crippen LogP contribution in [0.3, 0.4) is 0 Å². The Labute approximate surface area is 166 Å². The van der Waals surface area contributed by atoms with Gasteiger partial charge in [0.25, 0.3) is 0 Å². The van der Waals surface area contributed by atoms with Gasteiger partial charge >= 0.3 is 7.60 Å². The molecule has 2 aromatic rings. The first kappa shape index (κ1) is 22.6. The largest absolute Gasteiger partial charge is 0.497 e. The van der Waals surface area contributed by atoms with Crippen LogP contribution in [0.4, 0.5) is 0 Å². The summed E-state index contributed by atoms with van der Waals surface area (Å²) in [5.74, 6) is -1.08. The van der Waals surface area contributed by atoms with Crippen molar-refractivity contribution in [3.63, 3.8) is 0 Å². The first-order chi connectivity index (χ1) is 13.1. The van der Waals surface area contributed by atoms with Crippen LogP contribution in [0, 0.1) is 5.92 Å². The predicted octanol–water partition coefficient (Wildman–Crippen LogP) is 3.44. The van der Waals surface area contributed by atoms with Gasteiger partial charge in [0.05, 0.1) is 12.0 Å². The summed E-state index contributed by atoms with van der Waals surface area (Å²) in [7, 11) is -7.43. The van der Waals surface area contributed by atoms with Crippen molar-refractivity contribution in [2.45, 2.75) is 37.5 Å². The Balaban J connectivity index is 2.55. The third-order valence-electron chi connectivity index (χ3n) is 4.25. The highest BCUT2D eigenvalue weighted by molar-refractivity contribution is 7.89. The lowest BCUT2D eigenvalue weighted by molar-refractivity contribution is 0.270. The Morgan fingerprint density at radius 2 is 1.61 bits per heavy atom. The van der Waals surface area contributed by atoms with Gasteiger partial charge < -0.3 is 14.5 Å². The van der Waals surface area contributed by atoms with E-state index in [0.717, 1.165) is 4.31 Å². The second-order valence-corrected chi connectivity index (χ2v) is 10.6. The molecule has 0 aromatic heterocycles. The van der Waals surface area contributed by atoms with Gasteiger partial charge in [-0.05, 0) is 42.2 Å². The smallest absolute Gasteiger partial charge is 0.343 e. The average Bonchev–Trinajstić information content (AvgIpc) is 2.64. The molecule has 0 saturated heterocycles. The molecule has 2 aromatic carbocycles. The maximum atomic E-state index is 13.3. The van der Waals surface area contributed by atoms with E-state index in [1.807, 2.05) is 0 Å². The summed E-state index contributed by atoms with van der Waals surface area (Å²) in [6.07, 6.45) is 0.0342. The summed E-state index contributed by atoms with van der Waals surface area (Å²) < 4.78 is 44.9. The van der Waals surface area contributed by atoms with Crippen molar-refractivity contribution in [1.82, 2.24) is 4.31 Å². The molecular formula is C19H26NO6PS. The second-order valence-electron chi connectivity index (χ2n) is 6.91. The molecule has 2 rings (SSSR count). The highest BCUT2D eigenvalue weighted by atomic mass is 32.2. The number of benzene rings is 2. The summed E-state index contributed by atoms with van der Waals surface area (Å²) in [6, 6.07) is 14.5. The molecule has 0 aliphatic rings. The fourth-order valence-electron chi connectivity index (χ4n) is 2.84. The summed E-state index contributed by atoms with van der Waals surface area (Å²) in [5.41, 5.74) is 0.641. The zero-order valence-corrected chi connectivity index (χ0v) is 17.8. The molecule has 0 bridgehead atoms. The Morgan fingerprint density at radius 1 is 1.04 bits per heavy atom. The number of sulfonamides is 1. The van der Waals surface area contributed by atoms with Crippen LogP contribution in [0.15, 0.2) is 59.5 Å². The van der Waals surface area contributed by atoms with E-state index in [1.54, 1.807) is 44.2 Å². The van der Waals surface area contributed by atoms with E-state index in [0.29, 0.717) is 11.3 Å². The van der Waals surface area contributed by atoms with Gasteiger partial charge in [0.1, 0.15) is 11.5 Å². The van der Waals surface area contributed by atoms with Gasteiger partial charge in [-0.15, -0.1) is 0 Å². The molecule has 0 amide bonds. The van der Waals surface area contributed by atoms with Crippen LogP contribution in [-0.4, -0.2) is 35.4 Å². The molecule has 9 heteroatoms. The molecule has 0 spiro atoms. The zero-order valence-electron chi connectivity index (χ0n) is 16.1. The van der Waals surface area contributed by atoms with E-state index in [2.05, 4.69) is 0 Å². The van der Waals surface area contributed by atoms with Gasteiger partial charge in [0.2, 0.25) is 10.0 Å². The maximum Gasteiger partial charge on any atom is 0.343 e. The standard InChI is InChI=1S/C19H26NO6PS/c1-15(2)13-19(27(21,22)23)20(14-16-7-5-4-6-8-16)28(24,25)18-11-9-17(26-3)10-12-18/h4-12,15,19H,13-14H2,1-3H3,(H2,21,22,23). The number of hydrogen-bond acceptors (Lipinski definition) is 4. The summed E-state index contributed by atoms with van der Waals surface area (Å²) in [6.45, 7) is 3.45. The number of nitrogens with zero attached hydrogens (tertiary/aromatic N) is 1. The number of rotatable bonds is 9. The van der Waals surface area contributed by atoms with E-state index in [-0.39, 0.29) is 23.8 Å². The van der Waals surface area contributed by atoms with Crippen LogP contribution in [0.1, 0.15) is 25.8 Å². The second kappa shape index (κ2) is 9.20. The highest BCUT2D eigenvalue weighted by Crippen LogP contribution is 2.48. The Bertz CT molecular complexity index is 909. The highest BCUT2D eigenvalue weighted by Gasteiger charge is 2.41. The number of ether oxygens (including phenoxy) is 1. The molecule has 0 aliphatic heterocycles. The summed E-state index contributed by atoms with van der Waals surface area (Å²) >= 11 is 0. The topological polar surface area (TPSA) is 104 Å². The Hall–Kier alpha value is -1.70. The Morgan fingerprint density at radius 3 is 2.07 bits per heavy atom. The minimum absolute atomic E-state index is 0.0342. The number of methoxy groups -OCH3 is 1. The maximum absolute atomic E-state index is 13.3. The first-order valence-corrected chi connectivity index (χ1v) is 11.9. The minimum Gasteiger partial charge on any atom is -0.497 e. The van der Waals surface area contributed by atoms with Gasteiger partial charge in [-0.1, -0.05) is 44.2 Å². The lowest BCUT2D eigenvalue weighted by Crippen LogP contribution is -2.40. The molecule has 0 radical (unpaired) electrons. The van der Waals surface area contributed by atoms with Crippen molar-refractivity contribution < 1.29 is 27.5 Å². The van der Waals surface area contributed by atoms with E-state index >= 15 is 0 Å². The van der Waals surface area contributed by atoms with Crippen LogP contribution >= 0.6 is 7.60 Å². The molecule has 1 atom stereocenters. The normalized spacial score (nSPS) is 13.7.